The fraction of sp³-hybridized carbons (Fsp3) is 0.500. The van der Waals surface area contributed by atoms with Crippen molar-refractivity contribution >= 4 is 5.91 Å². The molecule has 1 aromatic rings. The van der Waals surface area contributed by atoms with Gasteiger partial charge in [-0.15, -0.1) is 0 Å². The normalized spacial score (nSPS) is 16.3. The van der Waals surface area contributed by atoms with Crippen LogP contribution in [-0.2, 0) is 17.8 Å². The summed E-state index contributed by atoms with van der Waals surface area (Å²) in [6, 6.07) is 6.33. The van der Waals surface area contributed by atoms with Gasteiger partial charge in [0.25, 0.3) is 0 Å². The SMILES string of the molecule is Cc1cc(CN2CCCC2)ccc1CC(N)=O. The first-order valence-electron chi connectivity index (χ1n) is 6.24. The monoisotopic (exact) mass is 232 g/mol. The van der Waals surface area contributed by atoms with E-state index in [0.717, 1.165) is 12.1 Å². The molecule has 1 aromatic carbocycles. The van der Waals surface area contributed by atoms with Crippen molar-refractivity contribution in [3.8, 4) is 0 Å². The van der Waals surface area contributed by atoms with Crippen LogP contribution >= 0.6 is 0 Å². The van der Waals surface area contributed by atoms with E-state index in [-0.39, 0.29) is 5.91 Å². The van der Waals surface area contributed by atoms with Crippen LogP contribution in [0, 0.1) is 6.92 Å². The molecule has 2 rings (SSSR count). The largest absolute Gasteiger partial charge is 0.369 e. The molecule has 1 heterocycles. The fourth-order valence-electron chi connectivity index (χ4n) is 2.44. The van der Waals surface area contributed by atoms with Crippen LogP contribution in [0.4, 0.5) is 0 Å². The molecule has 17 heavy (non-hydrogen) atoms. The third-order valence-corrected chi connectivity index (χ3v) is 3.38. The van der Waals surface area contributed by atoms with Crippen LogP contribution in [0.25, 0.3) is 0 Å². The lowest BCUT2D eigenvalue weighted by Gasteiger charge is -2.15. The predicted molar refractivity (Wildman–Crippen MR) is 68.6 cm³/mol. The average Bonchev–Trinajstić information content (AvgIpc) is 2.74. The van der Waals surface area contributed by atoms with Gasteiger partial charge < -0.3 is 5.73 Å². The van der Waals surface area contributed by atoms with E-state index in [1.54, 1.807) is 0 Å². The van der Waals surface area contributed by atoms with Gasteiger partial charge in [0, 0.05) is 6.54 Å². The second-order valence-corrected chi connectivity index (χ2v) is 4.89. The van der Waals surface area contributed by atoms with Crippen LogP contribution in [0.3, 0.4) is 0 Å². The maximum absolute atomic E-state index is 10.9. The molecule has 1 aliphatic heterocycles. The highest BCUT2D eigenvalue weighted by Crippen LogP contribution is 2.16. The van der Waals surface area contributed by atoms with Crippen molar-refractivity contribution in [2.45, 2.75) is 32.7 Å². The van der Waals surface area contributed by atoms with Gasteiger partial charge in [0.15, 0.2) is 0 Å². The number of carbonyl (C=O) groups is 1. The Morgan fingerprint density at radius 3 is 2.65 bits per heavy atom. The van der Waals surface area contributed by atoms with Crippen molar-refractivity contribution in [2.75, 3.05) is 13.1 Å². The van der Waals surface area contributed by atoms with Gasteiger partial charge in [-0.2, -0.15) is 0 Å². The smallest absolute Gasteiger partial charge is 0.221 e. The molecule has 3 nitrogen and oxygen atoms in total. The minimum absolute atomic E-state index is 0.264. The molecule has 0 radical (unpaired) electrons. The summed E-state index contributed by atoms with van der Waals surface area (Å²) in [7, 11) is 0. The third kappa shape index (κ3) is 3.30. The Labute approximate surface area is 103 Å². The highest BCUT2D eigenvalue weighted by molar-refractivity contribution is 5.77. The second kappa shape index (κ2) is 5.32. The van der Waals surface area contributed by atoms with Crippen LogP contribution in [0.15, 0.2) is 18.2 Å². The summed E-state index contributed by atoms with van der Waals surface area (Å²) < 4.78 is 0. The van der Waals surface area contributed by atoms with E-state index in [1.807, 2.05) is 13.0 Å². The standard InChI is InChI=1S/C14H20N2O/c1-11-8-12(10-16-6-2-3-7-16)4-5-13(11)9-14(15)17/h4-5,8H,2-3,6-7,9-10H2,1H3,(H2,15,17). The van der Waals surface area contributed by atoms with Gasteiger partial charge in [-0.25, -0.2) is 0 Å². The van der Waals surface area contributed by atoms with E-state index in [4.69, 9.17) is 5.73 Å². The minimum atomic E-state index is -0.264. The number of likely N-dealkylation sites (tertiary alicyclic amines) is 1. The van der Waals surface area contributed by atoms with Crippen LogP contribution < -0.4 is 5.73 Å². The number of benzene rings is 1. The predicted octanol–water partition coefficient (Wildman–Crippen LogP) is 1.62. The molecule has 1 aliphatic rings. The summed E-state index contributed by atoms with van der Waals surface area (Å²) in [6.45, 7) is 5.49. The Morgan fingerprint density at radius 2 is 2.06 bits per heavy atom. The zero-order valence-corrected chi connectivity index (χ0v) is 10.4. The quantitative estimate of drug-likeness (QED) is 0.857. The van der Waals surface area contributed by atoms with Crippen molar-refractivity contribution < 1.29 is 4.79 Å². The van der Waals surface area contributed by atoms with E-state index in [9.17, 15) is 4.79 Å². The van der Waals surface area contributed by atoms with Gasteiger partial charge in [-0.3, -0.25) is 9.69 Å². The number of nitrogens with zero attached hydrogens (tertiary/aromatic N) is 1. The molecule has 2 N–H and O–H groups in total. The van der Waals surface area contributed by atoms with Crippen molar-refractivity contribution in [1.82, 2.24) is 4.90 Å². The van der Waals surface area contributed by atoms with Gasteiger partial charge >= 0.3 is 0 Å². The Balaban J connectivity index is 2.04. The molecule has 0 aromatic heterocycles. The number of primary amides is 1. The van der Waals surface area contributed by atoms with Crippen molar-refractivity contribution in [2.24, 2.45) is 5.73 Å². The molecule has 1 amide bonds. The lowest BCUT2D eigenvalue weighted by atomic mass is 10.0. The number of carbonyl (C=O) groups excluding carboxylic acids is 1. The molecule has 1 saturated heterocycles. The Hall–Kier alpha value is -1.35. The molecule has 0 saturated carbocycles. The van der Waals surface area contributed by atoms with E-state index in [0.29, 0.717) is 6.42 Å². The first-order valence-corrected chi connectivity index (χ1v) is 6.24. The summed E-state index contributed by atoms with van der Waals surface area (Å²) in [5.41, 5.74) is 8.76. The maximum Gasteiger partial charge on any atom is 0.221 e. The Morgan fingerprint density at radius 1 is 1.35 bits per heavy atom. The number of amides is 1. The summed E-state index contributed by atoms with van der Waals surface area (Å²) in [4.78, 5) is 13.4. The fourth-order valence-corrected chi connectivity index (χ4v) is 2.44. The number of hydrogen-bond donors (Lipinski definition) is 1. The number of aryl methyl sites for hydroxylation is 1. The highest BCUT2D eigenvalue weighted by Gasteiger charge is 2.12. The summed E-state index contributed by atoms with van der Waals surface area (Å²) in [6.07, 6.45) is 2.98. The third-order valence-electron chi connectivity index (χ3n) is 3.38. The molecule has 1 fully saturated rings. The van der Waals surface area contributed by atoms with E-state index in [2.05, 4.69) is 17.0 Å². The van der Waals surface area contributed by atoms with E-state index in [1.165, 1.54) is 37.1 Å². The lowest BCUT2D eigenvalue weighted by molar-refractivity contribution is -0.117. The van der Waals surface area contributed by atoms with Gasteiger partial charge in [0.1, 0.15) is 0 Å². The molecule has 3 heteroatoms. The van der Waals surface area contributed by atoms with Crippen LogP contribution in [0.1, 0.15) is 29.5 Å². The van der Waals surface area contributed by atoms with Crippen LogP contribution in [-0.4, -0.2) is 23.9 Å². The topological polar surface area (TPSA) is 46.3 Å². The van der Waals surface area contributed by atoms with E-state index < -0.39 is 0 Å². The van der Waals surface area contributed by atoms with Crippen molar-refractivity contribution in [1.29, 1.82) is 0 Å². The molecule has 0 unspecified atom stereocenters. The molecule has 0 bridgehead atoms. The first kappa shape index (κ1) is 12.1. The summed E-state index contributed by atoms with van der Waals surface area (Å²) in [5.74, 6) is -0.264. The molecular weight excluding hydrogens is 212 g/mol. The summed E-state index contributed by atoms with van der Waals surface area (Å²) >= 11 is 0. The van der Waals surface area contributed by atoms with Crippen LogP contribution in [0.2, 0.25) is 0 Å². The van der Waals surface area contributed by atoms with Gasteiger partial charge in [0.05, 0.1) is 6.42 Å². The van der Waals surface area contributed by atoms with Gasteiger partial charge in [-0.05, 0) is 49.5 Å². The van der Waals surface area contributed by atoms with Gasteiger partial charge in [0.2, 0.25) is 5.91 Å². The molecule has 0 spiro atoms. The number of rotatable bonds is 4. The zero-order valence-electron chi connectivity index (χ0n) is 10.4. The highest BCUT2D eigenvalue weighted by atomic mass is 16.1. The molecule has 0 atom stereocenters. The minimum Gasteiger partial charge on any atom is -0.369 e. The zero-order chi connectivity index (χ0) is 12.3. The summed E-state index contributed by atoms with van der Waals surface area (Å²) in [5, 5.41) is 0. The molecule has 0 aliphatic carbocycles. The first-order chi connectivity index (χ1) is 8.15. The van der Waals surface area contributed by atoms with Gasteiger partial charge in [-0.1, -0.05) is 18.2 Å². The number of nitrogens with two attached hydrogens (primary N) is 1. The Bertz CT molecular complexity index is 409. The Kier molecular flexibility index (Phi) is 3.79. The van der Waals surface area contributed by atoms with Crippen LogP contribution in [0.5, 0.6) is 0 Å². The second-order valence-electron chi connectivity index (χ2n) is 4.89. The maximum atomic E-state index is 10.9. The van der Waals surface area contributed by atoms with E-state index >= 15 is 0 Å². The molecular formula is C14H20N2O. The van der Waals surface area contributed by atoms with Crippen molar-refractivity contribution in [3.63, 3.8) is 0 Å². The van der Waals surface area contributed by atoms with Crippen molar-refractivity contribution in [3.05, 3.63) is 34.9 Å². The average molecular weight is 232 g/mol. The number of hydrogen-bond acceptors (Lipinski definition) is 2. The molecule has 92 valence electrons. The lowest BCUT2D eigenvalue weighted by Crippen LogP contribution is -2.18.